The average molecular weight is 536 g/mol. The second-order valence-corrected chi connectivity index (χ2v) is 9.64. The first-order valence-electron chi connectivity index (χ1n) is 14.0. The van der Waals surface area contributed by atoms with E-state index in [1.54, 1.807) is 0 Å². The van der Waals surface area contributed by atoms with Crippen LogP contribution in [0.15, 0.2) is 75.8 Å². The maximum atomic E-state index is 8.84. The lowest BCUT2D eigenvalue weighted by Crippen LogP contribution is -2.17. The van der Waals surface area contributed by atoms with Crippen LogP contribution in [0.25, 0.3) is 10.4 Å². The molecule has 2 aromatic rings. The van der Waals surface area contributed by atoms with Gasteiger partial charge >= 0.3 is 0 Å². The molecule has 9 heteroatoms. The maximum Gasteiger partial charge on any atom is 0.216 e. The molecule has 2 aromatic carbocycles. The molecule has 4 rings (SSSR count). The van der Waals surface area contributed by atoms with E-state index >= 15 is 0 Å². The second kappa shape index (κ2) is 18.0. The highest BCUT2D eigenvalue weighted by molar-refractivity contribution is 5.95. The molecule has 0 fully saturated rings. The molecule has 0 bridgehead atoms. The van der Waals surface area contributed by atoms with E-state index in [0.29, 0.717) is 38.2 Å². The van der Waals surface area contributed by atoms with Crippen LogP contribution in [0.5, 0.6) is 0 Å². The number of azide groups is 1. The van der Waals surface area contributed by atoms with Crippen LogP contribution >= 0.6 is 0 Å². The summed E-state index contributed by atoms with van der Waals surface area (Å²) in [5, 5.41) is 12.8. The first kappa shape index (κ1) is 30.2. The highest BCUT2D eigenvalue weighted by Gasteiger charge is 2.20. The summed E-state index contributed by atoms with van der Waals surface area (Å²) in [4.78, 5) is 11.8. The number of aliphatic hydroxyl groups excluding tert-OH is 1. The molecular weight excluding hydrogens is 494 g/mol. The normalized spacial score (nSPS) is 18.5. The van der Waals surface area contributed by atoms with Gasteiger partial charge in [-0.05, 0) is 42.6 Å². The third-order valence-electron chi connectivity index (χ3n) is 6.44. The van der Waals surface area contributed by atoms with Gasteiger partial charge in [-0.1, -0.05) is 80.5 Å². The number of rotatable bonds is 15. The molecular formula is C30H41N5O4. The van der Waals surface area contributed by atoms with E-state index in [0.717, 1.165) is 30.4 Å². The van der Waals surface area contributed by atoms with Crippen LogP contribution in [0.2, 0.25) is 0 Å². The maximum absolute atomic E-state index is 8.84. The number of hydrogen-bond acceptors (Lipinski definition) is 7. The van der Waals surface area contributed by atoms with Crippen LogP contribution in [-0.4, -0.2) is 68.1 Å². The van der Waals surface area contributed by atoms with Gasteiger partial charge in [-0.3, -0.25) is 0 Å². The number of nitrogens with zero attached hydrogens (tertiary/aromatic N) is 5. The van der Waals surface area contributed by atoms with Crippen LogP contribution in [0.3, 0.4) is 0 Å². The molecule has 210 valence electrons. The SMILES string of the molecule is CCCCCCC[C@H](CCOC[C@@H]1COC(c2ccccc2)=N1)N=[N+]=[N-].OC[C@@H]1COC(c2ccccc2)=N1. The van der Waals surface area contributed by atoms with Gasteiger partial charge in [0.15, 0.2) is 0 Å². The summed E-state index contributed by atoms with van der Waals surface area (Å²) in [5.74, 6) is 1.33. The van der Waals surface area contributed by atoms with Gasteiger partial charge in [0.25, 0.3) is 0 Å². The van der Waals surface area contributed by atoms with Crippen molar-refractivity contribution in [2.75, 3.05) is 33.0 Å². The molecule has 1 N–H and O–H groups in total. The van der Waals surface area contributed by atoms with Gasteiger partial charge in [-0.15, -0.1) is 0 Å². The van der Waals surface area contributed by atoms with Crippen molar-refractivity contribution in [2.45, 2.75) is 70.0 Å². The van der Waals surface area contributed by atoms with Crippen LogP contribution in [-0.2, 0) is 14.2 Å². The topological polar surface area (TPSA) is 121 Å². The number of unbranched alkanes of at least 4 members (excludes halogenated alkanes) is 4. The smallest absolute Gasteiger partial charge is 0.216 e. The molecule has 0 radical (unpaired) electrons. The zero-order valence-corrected chi connectivity index (χ0v) is 22.9. The molecule has 2 heterocycles. The lowest BCUT2D eigenvalue weighted by Gasteiger charge is -2.12. The molecule has 0 aromatic heterocycles. The number of aliphatic hydroxyl groups is 1. The monoisotopic (exact) mass is 535 g/mol. The molecule has 3 atom stereocenters. The summed E-state index contributed by atoms with van der Waals surface area (Å²) in [6.45, 7) is 4.43. The van der Waals surface area contributed by atoms with Crippen LogP contribution in [0.1, 0.15) is 63.0 Å². The van der Waals surface area contributed by atoms with E-state index in [9.17, 15) is 0 Å². The lowest BCUT2D eigenvalue weighted by atomic mass is 10.1. The zero-order valence-electron chi connectivity index (χ0n) is 22.9. The molecule has 0 unspecified atom stereocenters. The summed E-state index contributed by atoms with van der Waals surface area (Å²) in [6.07, 6.45) is 7.82. The zero-order chi connectivity index (χ0) is 27.5. The van der Waals surface area contributed by atoms with Crippen molar-refractivity contribution in [1.29, 1.82) is 0 Å². The molecule has 39 heavy (non-hydrogen) atoms. The number of benzene rings is 2. The predicted octanol–water partition coefficient (Wildman–Crippen LogP) is 6.10. The van der Waals surface area contributed by atoms with Gasteiger partial charge in [0.05, 0.1) is 13.2 Å². The Bertz CT molecular complexity index is 1060. The summed E-state index contributed by atoms with van der Waals surface area (Å²) in [6, 6.07) is 19.6. The molecule has 0 aliphatic carbocycles. The van der Waals surface area contributed by atoms with Crippen molar-refractivity contribution in [3.05, 3.63) is 82.2 Å². The highest BCUT2D eigenvalue weighted by Crippen LogP contribution is 2.15. The quantitative estimate of drug-likeness (QED) is 0.128. The van der Waals surface area contributed by atoms with Gasteiger partial charge in [-0.25, -0.2) is 9.98 Å². The van der Waals surface area contributed by atoms with E-state index in [1.165, 1.54) is 25.7 Å². The molecule has 9 nitrogen and oxygen atoms in total. The fourth-order valence-electron chi connectivity index (χ4n) is 4.24. The number of aliphatic imine (C=N–C) groups is 2. The van der Waals surface area contributed by atoms with Crippen LogP contribution in [0, 0.1) is 0 Å². The van der Waals surface area contributed by atoms with Gasteiger partial charge in [0.1, 0.15) is 25.3 Å². The molecule has 0 spiro atoms. The van der Waals surface area contributed by atoms with Crippen LogP contribution in [0.4, 0.5) is 0 Å². The van der Waals surface area contributed by atoms with Crippen molar-refractivity contribution in [3.8, 4) is 0 Å². The Labute approximate surface area is 231 Å². The van der Waals surface area contributed by atoms with E-state index in [4.69, 9.17) is 24.8 Å². The first-order valence-corrected chi connectivity index (χ1v) is 14.0. The Kier molecular flexibility index (Phi) is 13.9. The van der Waals surface area contributed by atoms with E-state index in [1.807, 2.05) is 60.7 Å². The van der Waals surface area contributed by atoms with E-state index in [-0.39, 0.29) is 24.7 Å². The van der Waals surface area contributed by atoms with Crippen molar-refractivity contribution < 1.29 is 19.3 Å². The average Bonchev–Trinajstić information content (AvgIpc) is 3.67. The van der Waals surface area contributed by atoms with Gasteiger partial charge < -0.3 is 19.3 Å². The Hall–Kier alpha value is -3.39. The predicted molar refractivity (Wildman–Crippen MR) is 154 cm³/mol. The Morgan fingerprint density at radius 3 is 2.05 bits per heavy atom. The minimum atomic E-state index is -0.0878. The Morgan fingerprint density at radius 2 is 1.49 bits per heavy atom. The van der Waals surface area contributed by atoms with Gasteiger partial charge in [0.2, 0.25) is 11.8 Å². The Balaban J connectivity index is 0.000000268. The minimum absolute atomic E-state index is 0.0323. The summed E-state index contributed by atoms with van der Waals surface area (Å²) < 4.78 is 16.7. The van der Waals surface area contributed by atoms with Crippen LogP contribution < -0.4 is 0 Å². The molecule has 0 saturated heterocycles. The number of hydrogen-bond donors (Lipinski definition) is 1. The lowest BCUT2D eigenvalue weighted by molar-refractivity contribution is 0.106. The molecule has 2 aliphatic heterocycles. The Morgan fingerprint density at radius 1 is 0.897 bits per heavy atom. The van der Waals surface area contributed by atoms with Crippen molar-refractivity contribution in [2.24, 2.45) is 15.1 Å². The molecule has 2 aliphatic rings. The second-order valence-electron chi connectivity index (χ2n) is 9.64. The fourth-order valence-corrected chi connectivity index (χ4v) is 4.24. The molecule has 0 saturated carbocycles. The summed E-state index contributed by atoms with van der Waals surface area (Å²) >= 11 is 0. The van der Waals surface area contributed by atoms with Gasteiger partial charge in [0, 0.05) is 28.7 Å². The summed E-state index contributed by atoms with van der Waals surface area (Å²) in [5.41, 5.74) is 10.7. The van der Waals surface area contributed by atoms with Gasteiger partial charge in [-0.2, -0.15) is 0 Å². The third-order valence-corrected chi connectivity index (χ3v) is 6.44. The van der Waals surface area contributed by atoms with Crippen molar-refractivity contribution in [3.63, 3.8) is 0 Å². The number of ether oxygens (including phenoxy) is 3. The molecule has 0 amide bonds. The minimum Gasteiger partial charge on any atom is -0.475 e. The fraction of sp³-hybridized carbons (Fsp3) is 0.533. The van der Waals surface area contributed by atoms with Crippen molar-refractivity contribution >= 4 is 11.8 Å². The largest absolute Gasteiger partial charge is 0.475 e. The first-order chi connectivity index (χ1) is 19.2. The van der Waals surface area contributed by atoms with Crippen molar-refractivity contribution in [1.82, 2.24) is 0 Å². The van der Waals surface area contributed by atoms with E-state index < -0.39 is 0 Å². The standard InChI is InChI=1S/C20H30N4O2.C10H11NO2/c1-2-3-4-5-9-12-18(23-24-21)13-14-25-15-19-16-26-20(22-19)17-10-7-6-8-11-17;12-6-9-7-13-10(11-9)8-4-2-1-3-5-8/h6-8,10-11,18-19H,2-5,9,12-16H2,1H3;1-5,9,12H,6-7H2/t18-,19-;9-/m11/s1. The third kappa shape index (κ3) is 11.1. The summed E-state index contributed by atoms with van der Waals surface area (Å²) in [7, 11) is 0. The van der Waals surface area contributed by atoms with E-state index in [2.05, 4.69) is 26.9 Å². The highest BCUT2D eigenvalue weighted by atomic mass is 16.5.